The molecule has 2 N–H and O–H groups in total. The van der Waals surface area contributed by atoms with Gasteiger partial charge in [0.15, 0.2) is 0 Å². The summed E-state index contributed by atoms with van der Waals surface area (Å²) in [6, 6.07) is 0. The van der Waals surface area contributed by atoms with Crippen molar-refractivity contribution >= 4 is 18.4 Å². The van der Waals surface area contributed by atoms with E-state index in [1.54, 1.807) is 0 Å². The predicted octanol–water partition coefficient (Wildman–Crippen LogP) is -0.0550. The van der Waals surface area contributed by atoms with E-state index in [9.17, 15) is 4.79 Å². The summed E-state index contributed by atoms with van der Waals surface area (Å²) in [6.45, 7) is 1.00. The Labute approximate surface area is 77.8 Å². The van der Waals surface area contributed by atoms with Crippen molar-refractivity contribution in [3.8, 4) is 0 Å². The molecule has 0 saturated carbocycles. The minimum absolute atomic E-state index is 0. The first-order valence-corrected chi connectivity index (χ1v) is 3.69. The quantitative estimate of drug-likeness (QED) is 0.628. The summed E-state index contributed by atoms with van der Waals surface area (Å²) < 4.78 is 9.80. The van der Waals surface area contributed by atoms with E-state index < -0.39 is 0 Å². The lowest BCUT2D eigenvalue weighted by Crippen LogP contribution is -2.31. The van der Waals surface area contributed by atoms with Gasteiger partial charge < -0.3 is 15.2 Å². The fraction of sp³-hybridized carbons (Fsp3) is 0.857. The third kappa shape index (κ3) is 2.33. The van der Waals surface area contributed by atoms with Gasteiger partial charge in [-0.1, -0.05) is 0 Å². The lowest BCUT2D eigenvalue weighted by atomic mass is 10.0. The Hall–Kier alpha value is -0.320. The summed E-state index contributed by atoms with van der Waals surface area (Å²) in [5.41, 5.74) is 5.38. The van der Waals surface area contributed by atoms with E-state index in [2.05, 4.69) is 4.74 Å². The number of nitrogens with two attached hydrogens (primary N) is 1. The van der Waals surface area contributed by atoms with Gasteiger partial charge in [-0.05, 0) is 6.42 Å². The maximum absolute atomic E-state index is 11.0. The van der Waals surface area contributed by atoms with Crippen LogP contribution in [0, 0.1) is 5.92 Å². The number of ether oxygens (including phenoxy) is 2. The lowest BCUT2D eigenvalue weighted by molar-refractivity contribution is -0.147. The molecule has 0 amide bonds. The van der Waals surface area contributed by atoms with E-state index in [0.717, 1.165) is 6.42 Å². The molecule has 0 aliphatic carbocycles. The standard InChI is InChI=1S/C7H13NO3.ClH/c1-10-7(9)5-2-3-11-6(5)4-8;/h5-6H,2-4,8H2,1H3;1H. The van der Waals surface area contributed by atoms with Gasteiger partial charge >= 0.3 is 5.97 Å². The average molecular weight is 196 g/mol. The minimum atomic E-state index is -0.210. The van der Waals surface area contributed by atoms with Crippen molar-refractivity contribution in [2.45, 2.75) is 12.5 Å². The van der Waals surface area contributed by atoms with Gasteiger partial charge in [0.2, 0.25) is 0 Å². The number of carbonyl (C=O) groups is 1. The molecular weight excluding hydrogens is 182 g/mol. The van der Waals surface area contributed by atoms with Crippen molar-refractivity contribution < 1.29 is 14.3 Å². The first-order chi connectivity index (χ1) is 5.29. The van der Waals surface area contributed by atoms with Crippen molar-refractivity contribution in [1.82, 2.24) is 0 Å². The zero-order valence-corrected chi connectivity index (χ0v) is 7.80. The number of hydrogen-bond acceptors (Lipinski definition) is 4. The van der Waals surface area contributed by atoms with Gasteiger partial charge in [0.05, 0.1) is 19.1 Å². The van der Waals surface area contributed by atoms with Gasteiger partial charge in [-0.2, -0.15) is 0 Å². The van der Waals surface area contributed by atoms with Crippen LogP contribution in [0.1, 0.15) is 6.42 Å². The van der Waals surface area contributed by atoms with Crippen LogP contribution >= 0.6 is 12.4 Å². The normalized spacial score (nSPS) is 27.8. The molecule has 0 radical (unpaired) electrons. The summed E-state index contributed by atoms with van der Waals surface area (Å²) in [5.74, 6) is -0.358. The molecule has 12 heavy (non-hydrogen) atoms. The van der Waals surface area contributed by atoms with E-state index in [0.29, 0.717) is 13.2 Å². The molecule has 0 spiro atoms. The fourth-order valence-electron chi connectivity index (χ4n) is 1.30. The van der Waals surface area contributed by atoms with Gasteiger partial charge in [-0.25, -0.2) is 0 Å². The van der Waals surface area contributed by atoms with Crippen LogP contribution < -0.4 is 5.73 Å². The number of methoxy groups -OCH3 is 1. The molecule has 0 aromatic rings. The molecule has 1 rings (SSSR count). The Balaban J connectivity index is 0.00000121. The van der Waals surface area contributed by atoms with Crippen molar-refractivity contribution in [3.05, 3.63) is 0 Å². The molecule has 4 nitrogen and oxygen atoms in total. The summed E-state index contributed by atoms with van der Waals surface area (Å²) >= 11 is 0. The minimum Gasteiger partial charge on any atom is -0.469 e. The summed E-state index contributed by atoms with van der Waals surface area (Å²) in [5, 5.41) is 0. The highest BCUT2D eigenvalue weighted by Crippen LogP contribution is 2.20. The van der Waals surface area contributed by atoms with E-state index in [-0.39, 0.29) is 30.4 Å². The Morgan fingerprint density at radius 1 is 1.75 bits per heavy atom. The second-order valence-electron chi connectivity index (χ2n) is 2.56. The Morgan fingerprint density at radius 2 is 2.42 bits per heavy atom. The number of halogens is 1. The lowest BCUT2D eigenvalue weighted by Gasteiger charge is -2.13. The van der Waals surface area contributed by atoms with Crippen LogP contribution in [0.3, 0.4) is 0 Å². The number of rotatable bonds is 2. The van der Waals surface area contributed by atoms with Gasteiger partial charge in [0.25, 0.3) is 0 Å². The highest BCUT2D eigenvalue weighted by atomic mass is 35.5. The Kier molecular flexibility index (Phi) is 5.20. The molecule has 72 valence electrons. The monoisotopic (exact) mass is 195 g/mol. The largest absolute Gasteiger partial charge is 0.469 e. The first-order valence-electron chi connectivity index (χ1n) is 3.69. The van der Waals surface area contributed by atoms with Gasteiger partial charge in [-0.3, -0.25) is 4.79 Å². The van der Waals surface area contributed by atoms with Crippen LogP contribution in [-0.2, 0) is 14.3 Å². The van der Waals surface area contributed by atoms with Gasteiger partial charge in [0, 0.05) is 13.2 Å². The van der Waals surface area contributed by atoms with E-state index >= 15 is 0 Å². The van der Waals surface area contributed by atoms with Crippen LogP contribution in [0.4, 0.5) is 0 Å². The summed E-state index contributed by atoms with van der Waals surface area (Å²) in [4.78, 5) is 11.0. The highest BCUT2D eigenvalue weighted by Gasteiger charge is 2.33. The third-order valence-corrected chi connectivity index (χ3v) is 1.95. The molecule has 1 aliphatic heterocycles. The third-order valence-electron chi connectivity index (χ3n) is 1.95. The fourth-order valence-corrected chi connectivity index (χ4v) is 1.30. The number of hydrogen-bond donors (Lipinski definition) is 1. The smallest absolute Gasteiger partial charge is 0.311 e. The zero-order valence-electron chi connectivity index (χ0n) is 6.99. The van der Waals surface area contributed by atoms with E-state index in [1.807, 2.05) is 0 Å². The van der Waals surface area contributed by atoms with E-state index in [4.69, 9.17) is 10.5 Å². The second kappa shape index (κ2) is 5.35. The average Bonchev–Trinajstić information content (AvgIpc) is 2.50. The van der Waals surface area contributed by atoms with Crippen molar-refractivity contribution in [1.29, 1.82) is 0 Å². The first kappa shape index (κ1) is 11.7. The molecule has 1 fully saturated rings. The molecule has 0 aromatic carbocycles. The molecular formula is C7H14ClNO3. The van der Waals surface area contributed by atoms with Crippen LogP contribution in [0.5, 0.6) is 0 Å². The number of carbonyl (C=O) groups excluding carboxylic acids is 1. The SMILES string of the molecule is COC(=O)C1CCOC1CN.Cl. The van der Waals surface area contributed by atoms with Crippen molar-refractivity contribution in [2.24, 2.45) is 11.7 Å². The Morgan fingerprint density at radius 3 is 2.92 bits per heavy atom. The molecule has 5 heteroatoms. The molecule has 2 atom stereocenters. The van der Waals surface area contributed by atoms with Crippen LogP contribution in [0.2, 0.25) is 0 Å². The predicted molar refractivity (Wildman–Crippen MR) is 46.2 cm³/mol. The molecule has 2 unspecified atom stereocenters. The van der Waals surface area contributed by atoms with Gasteiger partial charge in [-0.15, -0.1) is 12.4 Å². The van der Waals surface area contributed by atoms with Crippen molar-refractivity contribution in [3.63, 3.8) is 0 Å². The molecule has 1 saturated heterocycles. The van der Waals surface area contributed by atoms with Crippen LogP contribution in [0.15, 0.2) is 0 Å². The molecule has 0 bridgehead atoms. The zero-order chi connectivity index (χ0) is 8.27. The van der Waals surface area contributed by atoms with Gasteiger partial charge in [0.1, 0.15) is 0 Å². The molecule has 1 aliphatic rings. The molecule has 1 heterocycles. The Bertz CT molecular complexity index is 154. The van der Waals surface area contributed by atoms with E-state index in [1.165, 1.54) is 7.11 Å². The van der Waals surface area contributed by atoms with Crippen LogP contribution in [0.25, 0.3) is 0 Å². The summed E-state index contributed by atoms with van der Waals surface area (Å²) in [7, 11) is 1.38. The van der Waals surface area contributed by atoms with Crippen molar-refractivity contribution in [2.75, 3.05) is 20.3 Å². The maximum atomic E-state index is 11.0. The number of esters is 1. The second-order valence-corrected chi connectivity index (χ2v) is 2.56. The maximum Gasteiger partial charge on any atom is 0.311 e. The summed E-state index contributed by atoms with van der Waals surface area (Å²) in [6.07, 6.45) is 0.594. The highest BCUT2D eigenvalue weighted by molar-refractivity contribution is 5.85. The van der Waals surface area contributed by atoms with Crippen LogP contribution in [-0.4, -0.2) is 32.3 Å². The molecule has 0 aromatic heterocycles. The topological polar surface area (TPSA) is 61.5 Å².